The van der Waals surface area contributed by atoms with Gasteiger partial charge in [0.2, 0.25) is 0 Å². The van der Waals surface area contributed by atoms with E-state index in [1.54, 1.807) is 18.2 Å². The number of nitrogens with two attached hydrogens (primary N) is 1. The summed E-state index contributed by atoms with van der Waals surface area (Å²) in [6, 6.07) is 13.9. The third-order valence-corrected chi connectivity index (χ3v) is 5.68. The van der Waals surface area contributed by atoms with E-state index in [1.165, 1.54) is 48.2 Å². The molecule has 0 atom stereocenters. The molecule has 0 aliphatic carbocycles. The van der Waals surface area contributed by atoms with Crippen molar-refractivity contribution in [2.45, 2.75) is 4.90 Å². The first-order valence-electron chi connectivity index (χ1n) is 8.15. The SMILES string of the molecule is COC(=O)c1c(N)c(C#N)cn1-c1ccc(S(=O)(=O)Nc2cccc(Cl)c2)cc1. The standard InChI is InChI=1S/C19H15ClN4O4S/c1-28-19(25)18-17(22)12(10-21)11-24(18)15-5-7-16(8-6-15)29(26,27)23-14-4-2-3-13(20)9-14/h2-9,11,23H,22H2,1H3. The van der Waals surface area contributed by atoms with Gasteiger partial charge in [-0.2, -0.15) is 5.26 Å². The topological polar surface area (TPSA) is 127 Å². The van der Waals surface area contributed by atoms with Crippen molar-refractivity contribution in [1.29, 1.82) is 5.26 Å². The molecule has 148 valence electrons. The van der Waals surface area contributed by atoms with E-state index in [1.807, 2.05) is 6.07 Å². The Labute approximate surface area is 172 Å². The Morgan fingerprint density at radius 2 is 1.93 bits per heavy atom. The maximum Gasteiger partial charge on any atom is 0.357 e. The third kappa shape index (κ3) is 4.03. The van der Waals surface area contributed by atoms with Gasteiger partial charge in [-0.1, -0.05) is 17.7 Å². The van der Waals surface area contributed by atoms with Crippen molar-refractivity contribution in [3.63, 3.8) is 0 Å². The van der Waals surface area contributed by atoms with Crippen LogP contribution in [0.1, 0.15) is 16.1 Å². The average Bonchev–Trinajstić information content (AvgIpc) is 3.03. The molecule has 0 bridgehead atoms. The van der Waals surface area contributed by atoms with Crippen LogP contribution in [0.5, 0.6) is 0 Å². The summed E-state index contributed by atoms with van der Waals surface area (Å²) < 4.78 is 33.7. The van der Waals surface area contributed by atoms with E-state index in [0.29, 0.717) is 16.4 Å². The zero-order chi connectivity index (χ0) is 21.2. The third-order valence-electron chi connectivity index (χ3n) is 4.05. The van der Waals surface area contributed by atoms with Crippen molar-refractivity contribution >= 4 is 39.0 Å². The second kappa shape index (κ2) is 7.87. The number of benzene rings is 2. The van der Waals surface area contributed by atoms with Crippen LogP contribution in [0.3, 0.4) is 0 Å². The molecule has 0 spiro atoms. The summed E-state index contributed by atoms with van der Waals surface area (Å²) in [6.45, 7) is 0. The van der Waals surface area contributed by atoms with Crippen molar-refractivity contribution in [1.82, 2.24) is 4.57 Å². The number of anilines is 2. The van der Waals surface area contributed by atoms with Gasteiger partial charge in [-0.3, -0.25) is 4.72 Å². The average molecular weight is 431 g/mol. The fourth-order valence-electron chi connectivity index (χ4n) is 2.67. The van der Waals surface area contributed by atoms with Crippen LogP contribution in [0.25, 0.3) is 5.69 Å². The van der Waals surface area contributed by atoms with Crippen LogP contribution in [0, 0.1) is 11.3 Å². The van der Waals surface area contributed by atoms with Crippen molar-refractivity contribution < 1.29 is 17.9 Å². The number of ether oxygens (including phenoxy) is 1. The van der Waals surface area contributed by atoms with Gasteiger partial charge in [0.1, 0.15) is 6.07 Å². The van der Waals surface area contributed by atoms with E-state index in [-0.39, 0.29) is 21.8 Å². The van der Waals surface area contributed by atoms with Crippen molar-refractivity contribution in [2.24, 2.45) is 0 Å². The predicted molar refractivity (Wildman–Crippen MR) is 108 cm³/mol. The minimum atomic E-state index is -3.85. The number of nitrogen functional groups attached to an aromatic ring is 1. The quantitative estimate of drug-likeness (QED) is 0.598. The van der Waals surface area contributed by atoms with Gasteiger partial charge in [0.05, 0.1) is 28.9 Å². The van der Waals surface area contributed by atoms with Crippen LogP contribution < -0.4 is 10.5 Å². The molecular weight excluding hydrogens is 416 g/mol. The monoisotopic (exact) mass is 430 g/mol. The van der Waals surface area contributed by atoms with Gasteiger partial charge in [0, 0.05) is 16.9 Å². The molecule has 3 N–H and O–H groups in total. The highest BCUT2D eigenvalue weighted by molar-refractivity contribution is 7.92. The van der Waals surface area contributed by atoms with Crippen LogP contribution in [0.4, 0.5) is 11.4 Å². The van der Waals surface area contributed by atoms with E-state index in [9.17, 15) is 18.5 Å². The van der Waals surface area contributed by atoms with E-state index in [0.717, 1.165) is 0 Å². The lowest BCUT2D eigenvalue weighted by Gasteiger charge is -2.11. The van der Waals surface area contributed by atoms with Crippen LogP contribution in [-0.2, 0) is 14.8 Å². The number of methoxy groups -OCH3 is 1. The number of carbonyl (C=O) groups is 1. The first-order valence-corrected chi connectivity index (χ1v) is 10.0. The van der Waals surface area contributed by atoms with Crippen LogP contribution in [0.15, 0.2) is 59.6 Å². The number of hydrogen-bond donors (Lipinski definition) is 2. The van der Waals surface area contributed by atoms with Gasteiger partial charge in [-0.15, -0.1) is 0 Å². The molecule has 3 rings (SSSR count). The first kappa shape index (κ1) is 20.3. The molecule has 1 heterocycles. The normalized spacial score (nSPS) is 10.9. The van der Waals surface area contributed by atoms with Crippen molar-refractivity contribution in [2.75, 3.05) is 17.6 Å². The molecule has 1 aromatic heterocycles. The van der Waals surface area contributed by atoms with Crippen LogP contribution in [0.2, 0.25) is 5.02 Å². The summed E-state index contributed by atoms with van der Waals surface area (Å²) >= 11 is 5.88. The summed E-state index contributed by atoms with van der Waals surface area (Å²) in [6.07, 6.45) is 1.38. The minimum absolute atomic E-state index is 0.00137. The molecule has 0 amide bonds. The summed E-state index contributed by atoms with van der Waals surface area (Å²) in [5, 5.41) is 9.57. The van der Waals surface area contributed by atoms with Crippen LogP contribution in [-0.4, -0.2) is 26.1 Å². The van der Waals surface area contributed by atoms with Gasteiger partial charge in [0.25, 0.3) is 10.0 Å². The first-order chi connectivity index (χ1) is 13.8. The van der Waals surface area contributed by atoms with E-state index < -0.39 is 16.0 Å². The largest absolute Gasteiger partial charge is 0.464 e. The molecule has 8 nitrogen and oxygen atoms in total. The molecule has 0 aliphatic rings. The molecule has 2 aromatic carbocycles. The Morgan fingerprint density at radius 3 is 2.52 bits per heavy atom. The molecule has 0 aliphatic heterocycles. The van der Waals surface area contributed by atoms with Gasteiger partial charge in [-0.05, 0) is 42.5 Å². The highest BCUT2D eigenvalue weighted by atomic mass is 35.5. The number of nitriles is 1. The van der Waals surface area contributed by atoms with Crippen LogP contribution >= 0.6 is 11.6 Å². The lowest BCUT2D eigenvalue weighted by molar-refractivity contribution is 0.0593. The molecule has 0 unspecified atom stereocenters. The zero-order valence-electron chi connectivity index (χ0n) is 15.1. The van der Waals surface area contributed by atoms with Gasteiger partial charge < -0.3 is 15.0 Å². The molecule has 0 saturated carbocycles. The second-order valence-electron chi connectivity index (χ2n) is 5.89. The molecule has 0 radical (unpaired) electrons. The smallest absolute Gasteiger partial charge is 0.357 e. The Bertz CT molecular complexity index is 1230. The number of esters is 1. The summed E-state index contributed by atoms with van der Waals surface area (Å²) in [4.78, 5) is 12.1. The molecular formula is C19H15ClN4O4S. The summed E-state index contributed by atoms with van der Waals surface area (Å²) in [5.74, 6) is -0.719. The fourth-order valence-corrected chi connectivity index (χ4v) is 3.91. The van der Waals surface area contributed by atoms with E-state index >= 15 is 0 Å². The molecule has 29 heavy (non-hydrogen) atoms. The summed E-state index contributed by atoms with van der Waals surface area (Å²) in [5.41, 5.74) is 6.69. The molecule has 0 fully saturated rings. The second-order valence-corrected chi connectivity index (χ2v) is 8.01. The lowest BCUT2D eigenvalue weighted by atomic mass is 10.2. The number of rotatable bonds is 5. The van der Waals surface area contributed by atoms with E-state index in [2.05, 4.69) is 4.72 Å². The molecule has 10 heteroatoms. The Kier molecular flexibility index (Phi) is 5.50. The highest BCUT2D eigenvalue weighted by Crippen LogP contribution is 2.26. The number of sulfonamides is 1. The number of halogens is 1. The minimum Gasteiger partial charge on any atom is -0.464 e. The maximum atomic E-state index is 12.6. The Hall–Kier alpha value is -3.48. The lowest BCUT2D eigenvalue weighted by Crippen LogP contribution is -2.13. The fraction of sp³-hybridized carbons (Fsp3) is 0.0526. The van der Waals surface area contributed by atoms with E-state index in [4.69, 9.17) is 22.1 Å². The number of hydrogen-bond acceptors (Lipinski definition) is 6. The maximum absolute atomic E-state index is 12.6. The summed E-state index contributed by atoms with van der Waals surface area (Å²) in [7, 11) is -2.66. The van der Waals surface area contributed by atoms with Gasteiger partial charge in [0.15, 0.2) is 5.69 Å². The Balaban J connectivity index is 1.97. The Morgan fingerprint density at radius 1 is 1.24 bits per heavy atom. The predicted octanol–water partition coefficient (Wildman–Crippen LogP) is 3.17. The zero-order valence-corrected chi connectivity index (χ0v) is 16.7. The number of nitrogens with one attached hydrogen (secondary N) is 1. The number of aromatic nitrogens is 1. The van der Waals surface area contributed by atoms with Crippen molar-refractivity contribution in [3.05, 3.63) is 71.0 Å². The van der Waals surface area contributed by atoms with Gasteiger partial charge in [-0.25, -0.2) is 13.2 Å². The highest BCUT2D eigenvalue weighted by Gasteiger charge is 2.22. The molecule has 0 saturated heterocycles. The molecule has 3 aromatic rings. The van der Waals surface area contributed by atoms with Gasteiger partial charge >= 0.3 is 5.97 Å². The number of carbonyl (C=O) groups excluding carboxylic acids is 1. The van der Waals surface area contributed by atoms with Crippen molar-refractivity contribution in [3.8, 4) is 11.8 Å². The number of nitrogens with zero attached hydrogens (tertiary/aromatic N) is 2.